The lowest BCUT2D eigenvalue weighted by molar-refractivity contribution is -0.00721. The van der Waals surface area contributed by atoms with E-state index in [4.69, 9.17) is 0 Å². The molecule has 6 heteroatoms. The van der Waals surface area contributed by atoms with Gasteiger partial charge in [-0.15, -0.1) is 0 Å². The number of para-hydroxylation sites is 1. The van der Waals surface area contributed by atoms with Gasteiger partial charge in [0.2, 0.25) is 0 Å². The Morgan fingerprint density at radius 3 is 2.46 bits per heavy atom. The van der Waals surface area contributed by atoms with Crippen molar-refractivity contribution in [3.8, 4) is 5.75 Å². The number of amides is 1. The van der Waals surface area contributed by atoms with Crippen molar-refractivity contribution >= 4 is 11.6 Å². The summed E-state index contributed by atoms with van der Waals surface area (Å²) in [5.41, 5.74) is 5.40. The number of rotatable bonds is 4. The van der Waals surface area contributed by atoms with E-state index in [1.807, 2.05) is 12.1 Å². The zero-order chi connectivity index (χ0) is 19.3. The summed E-state index contributed by atoms with van der Waals surface area (Å²) < 4.78 is 0. The van der Waals surface area contributed by atoms with Crippen LogP contribution in [0, 0.1) is 17.8 Å². The van der Waals surface area contributed by atoms with Crippen molar-refractivity contribution < 1.29 is 9.90 Å². The topological polar surface area (TPSA) is 90.4 Å². The van der Waals surface area contributed by atoms with Gasteiger partial charge in [0.1, 0.15) is 5.75 Å². The number of hydrogen-bond donors (Lipinski definition) is 3. The first-order chi connectivity index (χ1) is 13.5. The molecule has 6 nitrogen and oxygen atoms in total. The van der Waals surface area contributed by atoms with Gasteiger partial charge in [-0.05, 0) is 81.4 Å². The van der Waals surface area contributed by atoms with Gasteiger partial charge >= 0.3 is 0 Å². The highest BCUT2D eigenvalue weighted by molar-refractivity contribution is 6.02. The normalized spacial score (nSPS) is 31.2. The Morgan fingerprint density at radius 2 is 1.82 bits per heavy atom. The number of H-pyrrole nitrogens is 1. The summed E-state index contributed by atoms with van der Waals surface area (Å²) in [4.78, 5) is 12.5. The highest BCUT2D eigenvalue weighted by Crippen LogP contribution is 2.60. The predicted molar refractivity (Wildman–Crippen MR) is 106 cm³/mol. The summed E-state index contributed by atoms with van der Waals surface area (Å²) in [6.07, 6.45) is 7.86. The van der Waals surface area contributed by atoms with Crippen molar-refractivity contribution in [3.05, 3.63) is 47.3 Å². The second-order valence-electron chi connectivity index (χ2n) is 9.02. The Kier molecular flexibility index (Phi) is 4.03. The molecule has 3 N–H and O–H groups in total. The van der Waals surface area contributed by atoms with Crippen molar-refractivity contribution in [2.24, 2.45) is 22.9 Å². The van der Waals surface area contributed by atoms with E-state index in [1.54, 1.807) is 25.1 Å². The second-order valence-corrected chi connectivity index (χ2v) is 9.02. The molecule has 0 atom stereocenters. The summed E-state index contributed by atoms with van der Waals surface area (Å²) in [7, 11) is 0. The van der Waals surface area contributed by atoms with Crippen LogP contribution in [0.25, 0.3) is 0 Å². The van der Waals surface area contributed by atoms with Gasteiger partial charge in [-0.1, -0.05) is 12.1 Å². The molecule has 1 aromatic carbocycles. The third-order valence-corrected chi connectivity index (χ3v) is 7.04. The van der Waals surface area contributed by atoms with Crippen molar-refractivity contribution in [1.29, 1.82) is 0 Å². The fourth-order valence-electron chi connectivity index (χ4n) is 6.18. The summed E-state index contributed by atoms with van der Waals surface area (Å²) >= 11 is 0. The molecule has 4 bridgehead atoms. The molecule has 1 amide bonds. The highest BCUT2D eigenvalue weighted by atomic mass is 16.3. The van der Waals surface area contributed by atoms with Crippen LogP contribution in [0.4, 0.5) is 0 Å². The number of carbonyl (C=O) groups excluding carboxylic acids is 1. The summed E-state index contributed by atoms with van der Waals surface area (Å²) in [6, 6.07) is 8.86. The number of phenols is 1. The summed E-state index contributed by atoms with van der Waals surface area (Å²) in [6.45, 7) is 1.75. The SMILES string of the molecule is C/C(=N/NC(=O)c1cc(C23CC4CC(CC(C4)C2)C3)[nH]n1)c1ccccc1O. The molecule has 1 heterocycles. The van der Waals surface area contributed by atoms with Crippen LogP contribution in [0.5, 0.6) is 5.75 Å². The Bertz CT molecular complexity index is 910. The maximum absolute atomic E-state index is 12.5. The zero-order valence-electron chi connectivity index (χ0n) is 16.1. The maximum Gasteiger partial charge on any atom is 0.291 e. The molecule has 0 spiro atoms. The molecule has 0 unspecified atom stereocenters. The van der Waals surface area contributed by atoms with Crippen LogP contribution in [0.1, 0.15) is 67.2 Å². The molecule has 146 valence electrons. The largest absolute Gasteiger partial charge is 0.507 e. The van der Waals surface area contributed by atoms with Crippen LogP contribution in [-0.4, -0.2) is 26.9 Å². The number of nitrogens with zero attached hydrogens (tertiary/aromatic N) is 2. The van der Waals surface area contributed by atoms with Crippen molar-refractivity contribution in [1.82, 2.24) is 15.6 Å². The van der Waals surface area contributed by atoms with Crippen LogP contribution in [0.3, 0.4) is 0 Å². The van der Waals surface area contributed by atoms with Gasteiger partial charge in [0, 0.05) is 16.7 Å². The number of aromatic amines is 1. The third kappa shape index (κ3) is 2.91. The lowest BCUT2D eigenvalue weighted by Crippen LogP contribution is -2.48. The molecular weight excluding hydrogens is 352 g/mol. The molecule has 4 fully saturated rings. The van der Waals surface area contributed by atoms with Crippen LogP contribution in [0.2, 0.25) is 0 Å². The first kappa shape index (κ1) is 17.5. The molecule has 6 rings (SSSR count). The standard InChI is InChI=1S/C22H26N4O2/c1-13(17-4-2-3-5-19(17)27)23-26-21(28)18-9-20(25-24-18)22-10-14-6-15(11-22)8-16(7-14)12-22/h2-5,9,14-16,27H,6-8,10-12H2,1H3,(H,24,25)(H,26,28)/b23-13-. The van der Waals surface area contributed by atoms with Gasteiger partial charge in [-0.3, -0.25) is 9.89 Å². The van der Waals surface area contributed by atoms with E-state index in [0.29, 0.717) is 17.0 Å². The van der Waals surface area contributed by atoms with Gasteiger partial charge in [0.25, 0.3) is 5.91 Å². The highest BCUT2D eigenvalue weighted by Gasteiger charge is 2.52. The van der Waals surface area contributed by atoms with Gasteiger partial charge in [0.15, 0.2) is 5.69 Å². The van der Waals surface area contributed by atoms with E-state index in [1.165, 1.54) is 38.5 Å². The Morgan fingerprint density at radius 1 is 1.18 bits per heavy atom. The molecule has 0 aliphatic heterocycles. The van der Waals surface area contributed by atoms with Crippen molar-refractivity contribution in [2.75, 3.05) is 0 Å². The summed E-state index contributed by atoms with van der Waals surface area (Å²) in [5, 5.41) is 21.5. The number of aromatic nitrogens is 2. The van der Waals surface area contributed by atoms with Crippen LogP contribution >= 0.6 is 0 Å². The minimum absolute atomic E-state index is 0.141. The van der Waals surface area contributed by atoms with Gasteiger partial charge in [-0.2, -0.15) is 10.2 Å². The number of benzene rings is 1. The van der Waals surface area contributed by atoms with Gasteiger partial charge in [-0.25, -0.2) is 5.43 Å². The fraction of sp³-hybridized carbons (Fsp3) is 0.500. The van der Waals surface area contributed by atoms with Gasteiger partial charge < -0.3 is 5.11 Å². The summed E-state index contributed by atoms with van der Waals surface area (Å²) in [5.74, 6) is 2.34. The molecule has 4 aliphatic carbocycles. The Labute approximate surface area is 164 Å². The van der Waals surface area contributed by atoms with Crippen LogP contribution in [-0.2, 0) is 5.41 Å². The van der Waals surface area contributed by atoms with Crippen molar-refractivity contribution in [3.63, 3.8) is 0 Å². The fourth-order valence-corrected chi connectivity index (χ4v) is 6.18. The lowest BCUT2D eigenvalue weighted by Gasteiger charge is -2.56. The molecule has 0 saturated heterocycles. The second kappa shape index (κ2) is 6.47. The lowest BCUT2D eigenvalue weighted by atomic mass is 9.49. The maximum atomic E-state index is 12.5. The number of aromatic hydroxyl groups is 1. The molecule has 4 aliphatic rings. The zero-order valence-corrected chi connectivity index (χ0v) is 16.1. The third-order valence-electron chi connectivity index (χ3n) is 7.04. The number of hydrogen-bond acceptors (Lipinski definition) is 4. The quantitative estimate of drug-likeness (QED) is 0.559. The Hall–Kier alpha value is -2.63. The molecule has 28 heavy (non-hydrogen) atoms. The minimum Gasteiger partial charge on any atom is -0.507 e. The van der Waals surface area contributed by atoms with E-state index in [2.05, 4.69) is 20.7 Å². The van der Waals surface area contributed by atoms with E-state index in [9.17, 15) is 9.90 Å². The van der Waals surface area contributed by atoms with E-state index in [0.717, 1.165) is 23.4 Å². The van der Waals surface area contributed by atoms with Crippen LogP contribution < -0.4 is 5.43 Å². The Balaban J connectivity index is 1.32. The molecule has 1 aromatic heterocycles. The van der Waals surface area contributed by atoms with Crippen molar-refractivity contribution in [2.45, 2.75) is 50.9 Å². The first-order valence-electron chi connectivity index (χ1n) is 10.2. The monoisotopic (exact) mass is 378 g/mol. The van der Waals surface area contributed by atoms with E-state index < -0.39 is 0 Å². The van der Waals surface area contributed by atoms with Crippen LogP contribution in [0.15, 0.2) is 35.4 Å². The predicted octanol–water partition coefficient (Wildman–Crippen LogP) is 3.74. The average Bonchev–Trinajstić information content (AvgIpc) is 3.16. The number of nitrogens with one attached hydrogen (secondary N) is 2. The van der Waals surface area contributed by atoms with E-state index >= 15 is 0 Å². The number of hydrazone groups is 1. The molecular formula is C22H26N4O2. The molecule has 4 saturated carbocycles. The average molecular weight is 378 g/mol. The first-order valence-corrected chi connectivity index (χ1v) is 10.2. The molecule has 0 radical (unpaired) electrons. The van der Waals surface area contributed by atoms with E-state index in [-0.39, 0.29) is 17.1 Å². The number of phenolic OH excluding ortho intramolecular Hbond substituents is 1. The van der Waals surface area contributed by atoms with Gasteiger partial charge in [0.05, 0.1) is 5.71 Å². The molecule has 2 aromatic rings. The smallest absolute Gasteiger partial charge is 0.291 e. The minimum atomic E-state index is -0.331. The number of carbonyl (C=O) groups is 1.